The molecule has 0 aliphatic carbocycles. The Labute approximate surface area is 174 Å². The summed E-state index contributed by atoms with van der Waals surface area (Å²) in [6.07, 6.45) is -7.82. The molecule has 0 rings (SSSR count). The van der Waals surface area contributed by atoms with E-state index in [9.17, 15) is 78.8 Å². The standard InChI is InChI=1S/C12H10F17NO2S/c1-3-30(33(31)32)4(2)5(13,14)6(15,16)7(17,18)8(19,20)9(21,22)10(23,24)11(25,26)12(27,28)29/h4H,3H2,1-2H3,(H,31,32). The summed E-state index contributed by atoms with van der Waals surface area (Å²) in [6, 6.07) is -3.71. The molecule has 0 aromatic carbocycles. The van der Waals surface area contributed by atoms with Gasteiger partial charge < -0.3 is 0 Å². The van der Waals surface area contributed by atoms with E-state index in [1.165, 1.54) is 0 Å². The Morgan fingerprint density at radius 1 is 0.636 bits per heavy atom. The van der Waals surface area contributed by atoms with Gasteiger partial charge in [0.2, 0.25) is 11.3 Å². The van der Waals surface area contributed by atoms with Gasteiger partial charge in [0.05, 0.1) is 6.04 Å². The molecule has 1 N–H and O–H groups in total. The predicted molar refractivity (Wildman–Crippen MR) is 73.3 cm³/mol. The number of rotatable bonds is 10. The van der Waals surface area contributed by atoms with Crippen molar-refractivity contribution in [3.8, 4) is 0 Å². The average Bonchev–Trinajstić information content (AvgIpc) is 2.59. The Morgan fingerprint density at radius 3 is 1.15 bits per heavy atom. The molecule has 33 heavy (non-hydrogen) atoms. The van der Waals surface area contributed by atoms with Crippen LogP contribution in [0.2, 0.25) is 0 Å². The Balaban J connectivity index is 6.85. The second-order valence-electron chi connectivity index (χ2n) is 6.21. The van der Waals surface area contributed by atoms with Crippen molar-refractivity contribution in [3.05, 3.63) is 0 Å². The zero-order valence-corrected chi connectivity index (χ0v) is 16.2. The third-order valence-electron chi connectivity index (χ3n) is 4.22. The minimum absolute atomic E-state index is 0.301. The zero-order valence-electron chi connectivity index (χ0n) is 15.4. The lowest BCUT2D eigenvalue weighted by Gasteiger charge is -2.44. The first-order valence-corrected chi connectivity index (χ1v) is 8.71. The van der Waals surface area contributed by atoms with E-state index in [4.69, 9.17) is 4.55 Å². The predicted octanol–water partition coefficient (Wildman–Crippen LogP) is 5.84. The molecule has 0 aromatic rings. The summed E-state index contributed by atoms with van der Waals surface area (Å²) in [7, 11) is 0. The van der Waals surface area contributed by atoms with Gasteiger partial charge in [0, 0.05) is 6.54 Å². The van der Waals surface area contributed by atoms with Crippen molar-refractivity contribution in [2.75, 3.05) is 6.54 Å². The van der Waals surface area contributed by atoms with Gasteiger partial charge in [0.1, 0.15) is 0 Å². The van der Waals surface area contributed by atoms with Crippen LogP contribution >= 0.6 is 0 Å². The number of hydrogen-bond donors (Lipinski definition) is 1. The summed E-state index contributed by atoms with van der Waals surface area (Å²) in [5, 5.41) is 0. The van der Waals surface area contributed by atoms with E-state index in [1.807, 2.05) is 0 Å². The first-order valence-electron chi connectivity index (χ1n) is 7.64. The molecule has 0 saturated carbocycles. The maximum absolute atomic E-state index is 13.9. The molecule has 2 atom stereocenters. The maximum Gasteiger partial charge on any atom is 0.460 e. The van der Waals surface area contributed by atoms with Crippen molar-refractivity contribution < 1.29 is 83.4 Å². The van der Waals surface area contributed by atoms with Crippen molar-refractivity contribution in [1.29, 1.82) is 0 Å². The van der Waals surface area contributed by atoms with E-state index >= 15 is 0 Å². The molecule has 0 fully saturated rings. The molecule has 0 aliphatic heterocycles. The lowest BCUT2D eigenvalue weighted by Crippen LogP contribution is -2.75. The van der Waals surface area contributed by atoms with Gasteiger partial charge in [-0.1, -0.05) is 6.92 Å². The molecule has 0 bridgehead atoms. The second kappa shape index (κ2) is 8.52. The van der Waals surface area contributed by atoms with E-state index in [-0.39, 0.29) is 6.92 Å². The second-order valence-corrected chi connectivity index (χ2v) is 7.14. The normalized spacial score (nSPS) is 18.0. The minimum Gasteiger partial charge on any atom is -0.294 e. The van der Waals surface area contributed by atoms with E-state index in [0.29, 0.717) is 6.92 Å². The smallest absolute Gasteiger partial charge is 0.294 e. The first kappa shape index (κ1) is 31.9. The highest BCUT2D eigenvalue weighted by Gasteiger charge is 2.95. The van der Waals surface area contributed by atoms with Crippen molar-refractivity contribution in [2.45, 2.75) is 67.5 Å². The van der Waals surface area contributed by atoms with Crippen LogP contribution in [0.4, 0.5) is 74.6 Å². The van der Waals surface area contributed by atoms with Crippen LogP contribution in [0.1, 0.15) is 13.8 Å². The van der Waals surface area contributed by atoms with Gasteiger partial charge >= 0.3 is 47.6 Å². The van der Waals surface area contributed by atoms with Crippen LogP contribution in [0.5, 0.6) is 0 Å². The molecular formula is C12H10F17NO2S. The molecule has 3 nitrogen and oxygen atoms in total. The first-order chi connectivity index (χ1) is 14.1. The SMILES string of the molecule is CCN(C(C)C(F)(F)C(F)(F)C(F)(F)C(F)(F)C(F)(F)C(F)(F)C(F)(F)C(F)(F)F)S(=O)O. The van der Waals surface area contributed by atoms with Crippen LogP contribution in [-0.2, 0) is 11.3 Å². The highest BCUT2D eigenvalue weighted by Crippen LogP contribution is 2.64. The third kappa shape index (κ3) is 4.25. The highest BCUT2D eigenvalue weighted by atomic mass is 32.2. The lowest BCUT2D eigenvalue weighted by atomic mass is 9.87. The molecule has 0 spiro atoms. The van der Waals surface area contributed by atoms with E-state index in [1.54, 1.807) is 0 Å². The maximum atomic E-state index is 13.9. The number of halogens is 17. The molecule has 0 heterocycles. The molecule has 2 unspecified atom stereocenters. The summed E-state index contributed by atoms with van der Waals surface area (Å²) in [5.74, 6) is -57.3. The van der Waals surface area contributed by atoms with Crippen LogP contribution in [0.25, 0.3) is 0 Å². The lowest BCUT2D eigenvalue weighted by molar-refractivity contribution is -0.462. The van der Waals surface area contributed by atoms with Crippen LogP contribution in [0.3, 0.4) is 0 Å². The Morgan fingerprint density at radius 2 is 0.909 bits per heavy atom. The van der Waals surface area contributed by atoms with Crippen LogP contribution in [-0.4, -0.2) is 73.3 Å². The minimum atomic E-state index is -8.71. The molecule has 0 saturated heterocycles. The number of hydrogen-bond acceptors (Lipinski definition) is 1. The van der Waals surface area contributed by atoms with E-state index in [0.717, 1.165) is 0 Å². The fraction of sp³-hybridized carbons (Fsp3) is 1.00. The Kier molecular flexibility index (Phi) is 8.23. The van der Waals surface area contributed by atoms with Gasteiger partial charge in [-0.25, -0.2) is 4.21 Å². The van der Waals surface area contributed by atoms with Gasteiger partial charge in [-0.15, -0.1) is 0 Å². The molecule has 0 aromatic heterocycles. The van der Waals surface area contributed by atoms with Crippen LogP contribution < -0.4 is 0 Å². The Bertz CT molecular complexity index is 734. The fourth-order valence-corrected chi connectivity index (χ4v) is 2.76. The number of alkyl halides is 17. The van der Waals surface area contributed by atoms with Crippen molar-refractivity contribution in [2.24, 2.45) is 0 Å². The van der Waals surface area contributed by atoms with Crippen LogP contribution in [0.15, 0.2) is 0 Å². The van der Waals surface area contributed by atoms with Crippen molar-refractivity contribution >= 4 is 11.3 Å². The molecule has 0 aliphatic rings. The van der Waals surface area contributed by atoms with E-state index in [2.05, 4.69) is 0 Å². The van der Waals surface area contributed by atoms with Gasteiger partial charge in [-0.05, 0) is 6.92 Å². The summed E-state index contributed by atoms with van der Waals surface area (Å²) >= 11 is -3.72. The Hall–Kier alpha value is -1.12. The summed E-state index contributed by atoms with van der Waals surface area (Å²) in [6.45, 7) is -0.853. The zero-order chi connectivity index (χ0) is 27.4. The molecular weight excluding hydrogens is 545 g/mol. The van der Waals surface area contributed by atoms with Gasteiger partial charge in [0.25, 0.3) is 0 Å². The van der Waals surface area contributed by atoms with Gasteiger partial charge in [-0.3, -0.25) is 4.55 Å². The summed E-state index contributed by atoms with van der Waals surface area (Å²) < 4.78 is 242. The third-order valence-corrected chi connectivity index (χ3v) is 5.19. The molecule has 200 valence electrons. The fourth-order valence-electron chi connectivity index (χ4n) is 2.14. The molecule has 21 heteroatoms. The van der Waals surface area contributed by atoms with Gasteiger partial charge in [0.15, 0.2) is 0 Å². The van der Waals surface area contributed by atoms with Crippen molar-refractivity contribution in [3.63, 3.8) is 0 Å². The summed E-state index contributed by atoms with van der Waals surface area (Å²) in [5.41, 5.74) is 0. The average molecular weight is 555 g/mol. The highest BCUT2D eigenvalue weighted by molar-refractivity contribution is 7.76. The molecule has 0 radical (unpaired) electrons. The largest absolute Gasteiger partial charge is 0.460 e. The number of nitrogens with zero attached hydrogens (tertiary/aromatic N) is 1. The van der Waals surface area contributed by atoms with E-state index < -0.39 is 75.8 Å². The topological polar surface area (TPSA) is 40.5 Å². The van der Waals surface area contributed by atoms with Crippen LogP contribution in [0, 0.1) is 0 Å². The van der Waals surface area contributed by atoms with Crippen molar-refractivity contribution in [1.82, 2.24) is 4.31 Å². The van der Waals surface area contributed by atoms with Gasteiger partial charge in [-0.2, -0.15) is 78.9 Å². The monoisotopic (exact) mass is 555 g/mol. The quantitative estimate of drug-likeness (QED) is 0.272. The summed E-state index contributed by atoms with van der Waals surface area (Å²) in [4.78, 5) is 0. The molecule has 0 amide bonds.